The van der Waals surface area contributed by atoms with Crippen LogP contribution in [0, 0.1) is 6.92 Å². The third kappa shape index (κ3) is 2.97. The molecular weight excluding hydrogens is 467 g/mol. The molecule has 0 spiro atoms. The molecule has 0 radical (unpaired) electrons. The van der Waals surface area contributed by atoms with E-state index in [4.69, 9.17) is 28.3 Å². The predicted octanol–water partition coefficient (Wildman–Crippen LogP) is 6.80. The summed E-state index contributed by atoms with van der Waals surface area (Å²) in [5.74, 6) is 0.0548. The maximum Gasteiger partial charge on any atom is 0.280 e. The van der Waals surface area contributed by atoms with Crippen molar-refractivity contribution in [2.75, 3.05) is 4.90 Å². The van der Waals surface area contributed by atoms with Crippen LogP contribution in [0.15, 0.2) is 54.7 Å². The molecule has 0 saturated carbocycles. The first-order chi connectivity index (χ1) is 16.4. The summed E-state index contributed by atoms with van der Waals surface area (Å²) in [6.45, 7) is 6.80. The van der Waals surface area contributed by atoms with Crippen LogP contribution in [0.2, 0.25) is 10.0 Å². The highest BCUT2D eigenvalue weighted by Gasteiger charge is 2.49. The SMILES string of the molecule is Cc1ccc(Cl)c2c1N1C(=O)c3nn(Cc4ccccn4)c(C(C)C)c3C1c1ccc(Cl)cc1-2. The van der Waals surface area contributed by atoms with Crippen molar-refractivity contribution in [3.8, 4) is 11.1 Å². The quantitative estimate of drug-likeness (QED) is 0.318. The Morgan fingerprint density at radius 1 is 1.09 bits per heavy atom. The number of aryl methyl sites for hydroxylation is 1. The van der Waals surface area contributed by atoms with Gasteiger partial charge in [0.15, 0.2) is 5.69 Å². The lowest BCUT2D eigenvalue weighted by Crippen LogP contribution is -2.34. The average molecular weight is 489 g/mol. The van der Waals surface area contributed by atoms with Crippen LogP contribution in [0.1, 0.15) is 64.4 Å². The van der Waals surface area contributed by atoms with Crippen molar-refractivity contribution in [1.82, 2.24) is 14.8 Å². The van der Waals surface area contributed by atoms with E-state index in [2.05, 4.69) is 18.8 Å². The van der Waals surface area contributed by atoms with E-state index in [1.807, 2.05) is 65.0 Å². The fraction of sp³-hybridized carbons (Fsp3) is 0.222. The first-order valence-corrected chi connectivity index (χ1v) is 12.1. The number of carbonyl (C=O) groups excluding carboxylic acids is 1. The van der Waals surface area contributed by atoms with Crippen LogP contribution < -0.4 is 4.90 Å². The van der Waals surface area contributed by atoms with Crippen LogP contribution in [0.4, 0.5) is 5.69 Å². The van der Waals surface area contributed by atoms with Gasteiger partial charge in [-0.2, -0.15) is 5.10 Å². The summed E-state index contributed by atoms with van der Waals surface area (Å²) in [4.78, 5) is 20.3. The van der Waals surface area contributed by atoms with Gasteiger partial charge in [0.05, 0.1) is 29.0 Å². The first kappa shape index (κ1) is 21.4. The van der Waals surface area contributed by atoms with Crippen LogP contribution in [0.25, 0.3) is 11.1 Å². The summed E-state index contributed by atoms with van der Waals surface area (Å²) in [7, 11) is 0. The summed E-state index contributed by atoms with van der Waals surface area (Å²) in [6.07, 6.45) is 1.78. The lowest BCUT2D eigenvalue weighted by atomic mass is 9.84. The number of pyridine rings is 1. The van der Waals surface area contributed by atoms with Crippen LogP contribution in [0.5, 0.6) is 0 Å². The molecule has 6 rings (SSSR count). The third-order valence-corrected chi connectivity index (χ3v) is 7.27. The first-order valence-electron chi connectivity index (χ1n) is 11.3. The van der Waals surface area contributed by atoms with Gasteiger partial charge in [-0.1, -0.05) is 55.2 Å². The topological polar surface area (TPSA) is 51.0 Å². The van der Waals surface area contributed by atoms with Gasteiger partial charge in [-0.25, -0.2) is 0 Å². The molecule has 1 atom stereocenters. The molecule has 0 bridgehead atoms. The van der Waals surface area contributed by atoms with Crippen molar-refractivity contribution in [3.05, 3.63) is 98.5 Å². The average Bonchev–Trinajstić information content (AvgIpc) is 3.31. The van der Waals surface area contributed by atoms with Crippen LogP contribution in [-0.4, -0.2) is 20.7 Å². The van der Waals surface area contributed by atoms with E-state index in [0.717, 1.165) is 44.9 Å². The molecular formula is C27H22Cl2N4O. The molecule has 2 aromatic heterocycles. The second kappa shape index (κ2) is 7.69. The standard InChI is InChI=1S/C27H22Cl2N4O/c1-14(2)24-22-23(31-32(24)13-17-6-4-5-11-30-17)27(34)33-25-15(3)7-10-20(29)21(25)19-12-16(28)8-9-18(19)26(22)33/h4-12,14,26H,13H2,1-3H3. The Morgan fingerprint density at radius 2 is 1.91 bits per heavy atom. The van der Waals surface area contributed by atoms with Crippen molar-refractivity contribution >= 4 is 34.8 Å². The van der Waals surface area contributed by atoms with E-state index < -0.39 is 0 Å². The normalized spacial score (nSPS) is 15.9. The fourth-order valence-corrected chi connectivity index (χ4v) is 5.82. The van der Waals surface area contributed by atoms with E-state index in [9.17, 15) is 4.79 Å². The molecule has 2 aromatic carbocycles. The Morgan fingerprint density at radius 3 is 2.65 bits per heavy atom. The number of aromatic nitrogens is 3. The lowest BCUT2D eigenvalue weighted by Gasteiger charge is -2.36. The molecule has 7 heteroatoms. The minimum Gasteiger partial charge on any atom is -0.294 e. The highest BCUT2D eigenvalue weighted by molar-refractivity contribution is 6.35. The minimum atomic E-state index is -0.283. The minimum absolute atomic E-state index is 0.103. The Kier molecular flexibility index (Phi) is 4.84. The molecule has 0 saturated heterocycles. The summed E-state index contributed by atoms with van der Waals surface area (Å²) in [5.41, 5.74) is 8.05. The molecule has 0 aliphatic carbocycles. The zero-order chi connectivity index (χ0) is 23.7. The highest BCUT2D eigenvalue weighted by Crippen LogP contribution is 2.56. The second-order valence-corrected chi connectivity index (χ2v) is 10.0. The lowest BCUT2D eigenvalue weighted by molar-refractivity contribution is 0.0987. The van der Waals surface area contributed by atoms with E-state index in [1.54, 1.807) is 6.20 Å². The Hall–Kier alpha value is -3.15. The summed E-state index contributed by atoms with van der Waals surface area (Å²) < 4.78 is 1.95. The third-order valence-electron chi connectivity index (χ3n) is 6.72. The van der Waals surface area contributed by atoms with Crippen molar-refractivity contribution < 1.29 is 4.79 Å². The number of benzene rings is 2. The van der Waals surface area contributed by atoms with Gasteiger partial charge in [0.2, 0.25) is 0 Å². The van der Waals surface area contributed by atoms with Crippen LogP contribution in [0.3, 0.4) is 0 Å². The smallest absolute Gasteiger partial charge is 0.280 e. The Balaban J connectivity index is 1.62. The Labute approximate surface area is 208 Å². The molecule has 0 fully saturated rings. The summed E-state index contributed by atoms with van der Waals surface area (Å²) in [6, 6.07) is 15.2. The van der Waals surface area contributed by atoms with E-state index in [1.165, 1.54) is 0 Å². The molecule has 170 valence electrons. The molecule has 0 N–H and O–H groups in total. The fourth-order valence-electron chi connectivity index (χ4n) is 5.40. The molecule has 2 aliphatic rings. The van der Waals surface area contributed by atoms with Crippen molar-refractivity contribution in [3.63, 3.8) is 0 Å². The number of carbonyl (C=O) groups is 1. The molecule has 2 aliphatic heterocycles. The molecule has 34 heavy (non-hydrogen) atoms. The van der Waals surface area contributed by atoms with Gasteiger partial charge < -0.3 is 0 Å². The number of hydrogen-bond donors (Lipinski definition) is 0. The van der Waals surface area contributed by atoms with Crippen LogP contribution in [-0.2, 0) is 6.54 Å². The van der Waals surface area contributed by atoms with Gasteiger partial charge in [-0.05, 0) is 59.9 Å². The van der Waals surface area contributed by atoms with Gasteiger partial charge in [-0.3, -0.25) is 19.4 Å². The zero-order valence-electron chi connectivity index (χ0n) is 19.0. The molecule has 5 nitrogen and oxygen atoms in total. The van der Waals surface area contributed by atoms with Crippen molar-refractivity contribution in [2.45, 2.75) is 39.3 Å². The van der Waals surface area contributed by atoms with E-state index in [0.29, 0.717) is 22.3 Å². The largest absolute Gasteiger partial charge is 0.294 e. The van der Waals surface area contributed by atoms with Gasteiger partial charge in [-0.15, -0.1) is 0 Å². The van der Waals surface area contributed by atoms with Gasteiger partial charge in [0.25, 0.3) is 5.91 Å². The number of amides is 1. The number of anilines is 1. The summed E-state index contributed by atoms with van der Waals surface area (Å²) >= 11 is 13.1. The van der Waals surface area contributed by atoms with Gasteiger partial charge in [0.1, 0.15) is 0 Å². The number of nitrogens with zero attached hydrogens (tertiary/aromatic N) is 4. The van der Waals surface area contributed by atoms with E-state index in [-0.39, 0.29) is 17.9 Å². The van der Waals surface area contributed by atoms with Crippen LogP contribution >= 0.6 is 23.2 Å². The van der Waals surface area contributed by atoms with Crippen molar-refractivity contribution in [2.24, 2.45) is 0 Å². The van der Waals surface area contributed by atoms with E-state index >= 15 is 0 Å². The van der Waals surface area contributed by atoms with Gasteiger partial charge in [0, 0.05) is 28.0 Å². The number of halogens is 2. The molecule has 4 heterocycles. The number of hydrogen-bond acceptors (Lipinski definition) is 3. The Bertz CT molecular complexity index is 1480. The monoisotopic (exact) mass is 488 g/mol. The summed E-state index contributed by atoms with van der Waals surface area (Å²) in [5, 5.41) is 6.09. The number of fused-ring (bicyclic) bond motifs is 8. The maximum absolute atomic E-state index is 13.9. The zero-order valence-corrected chi connectivity index (χ0v) is 20.5. The maximum atomic E-state index is 13.9. The molecule has 1 unspecified atom stereocenters. The number of rotatable bonds is 3. The predicted molar refractivity (Wildman–Crippen MR) is 135 cm³/mol. The highest BCUT2D eigenvalue weighted by atomic mass is 35.5. The molecule has 4 aromatic rings. The second-order valence-electron chi connectivity index (χ2n) is 9.18. The van der Waals surface area contributed by atoms with Gasteiger partial charge >= 0.3 is 0 Å². The molecule has 1 amide bonds. The van der Waals surface area contributed by atoms with Crippen molar-refractivity contribution in [1.29, 1.82) is 0 Å².